The number of allylic oxidation sites excluding steroid dienone is 1. The van der Waals surface area contributed by atoms with Crippen molar-refractivity contribution in [3.63, 3.8) is 0 Å². The van der Waals surface area contributed by atoms with Gasteiger partial charge < -0.3 is 9.84 Å². The average Bonchev–Trinajstić information content (AvgIpc) is 2.42. The van der Waals surface area contributed by atoms with Crippen molar-refractivity contribution in [1.82, 2.24) is 4.72 Å². The summed E-state index contributed by atoms with van der Waals surface area (Å²) < 4.78 is 30.9. The van der Waals surface area contributed by atoms with E-state index in [1.165, 1.54) is 0 Å². The highest BCUT2D eigenvalue weighted by atomic mass is 32.2. The molecular formula is C15H29NO4S. The van der Waals surface area contributed by atoms with Gasteiger partial charge in [-0.1, -0.05) is 37.6 Å². The molecule has 6 heteroatoms. The van der Waals surface area contributed by atoms with Crippen molar-refractivity contribution in [3.05, 3.63) is 23.8 Å². The van der Waals surface area contributed by atoms with Gasteiger partial charge in [-0.3, -0.25) is 0 Å². The summed E-state index contributed by atoms with van der Waals surface area (Å²) in [5, 5.41) is 10.2. The van der Waals surface area contributed by atoms with Crippen LogP contribution in [0.15, 0.2) is 23.8 Å². The van der Waals surface area contributed by atoms with Crippen LogP contribution < -0.4 is 4.72 Å². The number of ether oxygens (including phenoxy) is 1. The third-order valence-electron chi connectivity index (χ3n) is 3.12. The minimum atomic E-state index is -3.20. The fourth-order valence-electron chi connectivity index (χ4n) is 1.99. The molecule has 5 nitrogen and oxygen atoms in total. The lowest BCUT2D eigenvalue weighted by Gasteiger charge is -2.23. The van der Waals surface area contributed by atoms with Crippen LogP contribution in [0.25, 0.3) is 0 Å². The quantitative estimate of drug-likeness (QED) is 0.603. The summed E-state index contributed by atoms with van der Waals surface area (Å²) in [6.07, 6.45) is 5.05. The van der Waals surface area contributed by atoms with Crippen LogP contribution >= 0.6 is 0 Å². The Morgan fingerprint density at radius 2 is 2.05 bits per heavy atom. The van der Waals surface area contributed by atoms with E-state index in [2.05, 4.69) is 4.72 Å². The molecule has 124 valence electrons. The van der Waals surface area contributed by atoms with E-state index in [9.17, 15) is 13.5 Å². The highest BCUT2D eigenvalue weighted by Gasteiger charge is 2.21. The topological polar surface area (TPSA) is 75.6 Å². The zero-order valence-corrected chi connectivity index (χ0v) is 14.5. The first kappa shape index (κ1) is 20.3. The van der Waals surface area contributed by atoms with E-state index in [0.717, 1.165) is 5.57 Å². The van der Waals surface area contributed by atoms with Crippen LogP contribution in [-0.2, 0) is 14.8 Å². The van der Waals surface area contributed by atoms with Crippen LogP contribution in [0, 0.1) is 5.92 Å². The molecule has 0 aliphatic rings. The fourth-order valence-corrected chi connectivity index (χ4v) is 3.12. The molecule has 0 aliphatic carbocycles. The van der Waals surface area contributed by atoms with E-state index in [0.29, 0.717) is 6.42 Å². The number of hydrogen-bond acceptors (Lipinski definition) is 4. The number of sulfonamides is 1. The molecule has 0 aromatic rings. The van der Waals surface area contributed by atoms with E-state index in [4.69, 9.17) is 4.74 Å². The zero-order valence-electron chi connectivity index (χ0n) is 13.7. The monoisotopic (exact) mass is 319 g/mol. The highest BCUT2D eigenvalue weighted by molar-refractivity contribution is 7.89. The molecule has 0 radical (unpaired) electrons. The van der Waals surface area contributed by atoms with Gasteiger partial charge in [-0.25, -0.2) is 13.1 Å². The second-order valence-electron chi connectivity index (χ2n) is 5.23. The minimum Gasteiger partial charge on any atom is -0.389 e. The molecule has 0 aliphatic heterocycles. The van der Waals surface area contributed by atoms with Crippen molar-refractivity contribution in [1.29, 1.82) is 0 Å². The SMILES string of the molecule is C/C=C/[C@H](OC)[C@@H](O)[C@H](C)/C=C(/C)CNS(=O)(=O)CCC. The Balaban J connectivity index is 4.61. The Kier molecular flexibility index (Phi) is 9.77. The highest BCUT2D eigenvalue weighted by Crippen LogP contribution is 2.14. The van der Waals surface area contributed by atoms with Gasteiger partial charge in [-0.15, -0.1) is 0 Å². The van der Waals surface area contributed by atoms with Crippen LogP contribution in [0.1, 0.15) is 34.1 Å². The van der Waals surface area contributed by atoms with Crippen molar-refractivity contribution in [2.45, 2.75) is 46.3 Å². The molecule has 21 heavy (non-hydrogen) atoms. The maximum Gasteiger partial charge on any atom is 0.211 e. The predicted octanol–water partition coefficient (Wildman–Crippen LogP) is 1.85. The molecule has 0 aromatic carbocycles. The van der Waals surface area contributed by atoms with Crippen LogP contribution in [0.5, 0.6) is 0 Å². The van der Waals surface area contributed by atoms with Crippen LogP contribution in [-0.4, -0.2) is 45.1 Å². The maximum absolute atomic E-state index is 11.6. The van der Waals surface area contributed by atoms with Crippen molar-refractivity contribution in [2.24, 2.45) is 5.92 Å². The van der Waals surface area contributed by atoms with Gasteiger partial charge >= 0.3 is 0 Å². The molecule has 0 bridgehead atoms. The Morgan fingerprint density at radius 3 is 2.52 bits per heavy atom. The summed E-state index contributed by atoms with van der Waals surface area (Å²) in [5.74, 6) is -0.00674. The van der Waals surface area contributed by atoms with Crippen LogP contribution in [0.3, 0.4) is 0 Å². The number of hydrogen-bond donors (Lipinski definition) is 2. The van der Waals surface area contributed by atoms with Gasteiger partial charge in [-0.05, 0) is 20.3 Å². The first-order chi connectivity index (χ1) is 9.77. The van der Waals surface area contributed by atoms with Crippen molar-refractivity contribution >= 4 is 10.0 Å². The molecule has 0 heterocycles. The molecule has 0 amide bonds. The Bertz CT molecular complexity index is 443. The minimum absolute atomic E-state index is 0.130. The molecule has 0 saturated heterocycles. The smallest absolute Gasteiger partial charge is 0.211 e. The number of aliphatic hydroxyl groups excluding tert-OH is 1. The van der Waals surface area contributed by atoms with Gasteiger partial charge in [0.1, 0.15) is 6.10 Å². The van der Waals surface area contributed by atoms with Gasteiger partial charge in [0.2, 0.25) is 10.0 Å². The molecule has 2 N–H and O–H groups in total. The summed E-state index contributed by atoms with van der Waals surface area (Å²) >= 11 is 0. The van der Waals surface area contributed by atoms with Gasteiger partial charge in [0, 0.05) is 19.6 Å². The lowest BCUT2D eigenvalue weighted by atomic mass is 9.97. The van der Waals surface area contributed by atoms with E-state index >= 15 is 0 Å². The normalized spacial score (nSPS) is 17.9. The number of aliphatic hydroxyl groups is 1. The Labute approximate surface area is 129 Å². The predicted molar refractivity (Wildman–Crippen MR) is 86.6 cm³/mol. The van der Waals surface area contributed by atoms with E-state index in [1.807, 2.05) is 39.8 Å². The summed E-state index contributed by atoms with van der Waals surface area (Å²) in [7, 11) is -1.65. The lowest BCUT2D eigenvalue weighted by Crippen LogP contribution is -2.32. The van der Waals surface area contributed by atoms with Gasteiger partial charge in [-0.2, -0.15) is 0 Å². The molecule has 0 spiro atoms. The summed E-state index contributed by atoms with van der Waals surface area (Å²) in [5.41, 5.74) is 0.872. The van der Waals surface area contributed by atoms with Gasteiger partial charge in [0.15, 0.2) is 0 Å². The second kappa shape index (κ2) is 10.1. The van der Waals surface area contributed by atoms with Gasteiger partial charge in [0.05, 0.1) is 11.9 Å². The first-order valence-electron chi connectivity index (χ1n) is 7.25. The van der Waals surface area contributed by atoms with E-state index in [-0.39, 0.29) is 24.3 Å². The number of nitrogens with one attached hydrogen (secondary N) is 1. The molecular weight excluding hydrogens is 290 g/mol. The second-order valence-corrected chi connectivity index (χ2v) is 7.16. The zero-order chi connectivity index (χ0) is 16.5. The lowest BCUT2D eigenvalue weighted by molar-refractivity contribution is -0.00178. The molecule has 0 fully saturated rings. The first-order valence-corrected chi connectivity index (χ1v) is 8.90. The van der Waals surface area contributed by atoms with Crippen LogP contribution in [0.2, 0.25) is 0 Å². The summed E-state index contributed by atoms with van der Waals surface area (Å²) in [4.78, 5) is 0. The Morgan fingerprint density at radius 1 is 1.43 bits per heavy atom. The van der Waals surface area contributed by atoms with E-state index < -0.39 is 16.1 Å². The standard InChI is InChI=1S/C15H29NO4S/c1-6-8-14(20-5)15(17)13(4)10-12(3)11-16-21(18,19)9-7-2/h6,8,10,13-17H,7,9,11H2,1-5H3/b8-6+,12-10-/t13-,14+,15+/m1/s1. The largest absolute Gasteiger partial charge is 0.389 e. The van der Waals surface area contributed by atoms with Gasteiger partial charge in [0.25, 0.3) is 0 Å². The third kappa shape index (κ3) is 8.36. The van der Waals surface area contributed by atoms with Crippen LogP contribution in [0.4, 0.5) is 0 Å². The maximum atomic E-state index is 11.6. The molecule has 3 atom stereocenters. The fraction of sp³-hybridized carbons (Fsp3) is 0.733. The third-order valence-corrected chi connectivity index (χ3v) is 4.65. The molecule has 0 aromatic heterocycles. The van der Waals surface area contributed by atoms with Crippen molar-refractivity contribution in [2.75, 3.05) is 19.4 Å². The molecule has 0 rings (SSSR count). The molecule has 0 saturated carbocycles. The van der Waals surface area contributed by atoms with Crippen molar-refractivity contribution < 1.29 is 18.3 Å². The average molecular weight is 319 g/mol. The molecule has 0 unspecified atom stereocenters. The van der Waals surface area contributed by atoms with E-state index in [1.54, 1.807) is 13.2 Å². The number of methoxy groups -OCH3 is 1. The van der Waals surface area contributed by atoms with Crippen molar-refractivity contribution in [3.8, 4) is 0 Å². The number of rotatable bonds is 10. The summed E-state index contributed by atoms with van der Waals surface area (Å²) in [6, 6.07) is 0. The Hall–Kier alpha value is -0.690. The summed E-state index contributed by atoms with van der Waals surface area (Å²) in [6.45, 7) is 7.68.